The van der Waals surface area contributed by atoms with Gasteiger partial charge in [0.05, 0.1) is 11.6 Å². The zero-order chi connectivity index (χ0) is 14.6. The van der Waals surface area contributed by atoms with Gasteiger partial charge in [0.25, 0.3) is 0 Å². The molecule has 0 spiro atoms. The van der Waals surface area contributed by atoms with Gasteiger partial charge in [-0.1, -0.05) is 12.1 Å². The van der Waals surface area contributed by atoms with Crippen LogP contribution >= 0.6 is 7.60 Å². The molecule has 6 heteroatoms. The molecule has 1 aromatic carbocycles. The lowest BCUT2D eigenvalue weighted by Crippen LogP contribution is -2.29. The van der Waals surface area contributed by atoms with Crippen molar-refractivity contribution in [2.45, 2.75) is 25.2 Å². The van der Waals surface area contributed by atoms with Gasteiger partial charge in [0.2, 0.25) is 0 Å². The number of benzene rings is 1. The molecule has 1 fully saturated rings. The largest absolute Gasteiger partial charge is 0.347 e. The summed E-state index contributed by atoms with van der Waals surface area (Å²) in [5.74, 6) is -0.187. The Kier molecular flexibility index (Phi) is 4.95. The van der Waals surface area contributed by atoms with E-state index in [9.17, 15) is 4.57 Å². The molecule has 1 aliphatic heterocycles. The molecule has 0 N–H and O–H groups in total. The number of nitriles is 1. The van der Waals surface area contributed by atoms with Gasteiger partial charge in [-0.25, -0.2) is 0 Å². The highest BCUT2D eigenvalue weighted by Gasteiger charge is 2.41. The minimum absolute atomic E-state index is 0.187. The molecule has 20 heavy (non-hydrogen) atoms. The monoisotopic (exact) mass is 294 g/mol. The zero-order valence-electron chi connectivity index (χ0n) is 11.8. The number of likely N-dealkylation sites (tertiary alicyclic amines) is 1. The van der Waals surface area contributed by atoms with E-state index in [2.05, 4.69) is 11.0 Å². The van der Waals surface area contributed by atoms with Crippen molar-refractivity contribution >= 4 is 7.60 Å². The molecule has 0 radical (unpaired) electrons. The Morgan fingerprint density at radius 1 is 1.35 bits per heavy atom. The summed E-state index contributed by atoms with van der Waals surface area (Å²) in [5.41, 5.74) is 1.74. The number of rotatable bonds is 5. The van der Waals surface area contributed by atoms with E-state index >= 15 is 0 Å². The maximum atomic E-state index is 12.5. The fourth-order valence-corrected chi connectivity index (χ4v) is 4.32. The third-order valence-corrected chi connectivity index (χ3v) is 6.00. The quantitative estimate of drug-likeness (QED) is 0.781. The van der Waals surface area contributed by atoms with Gasteiger partial charge >= 0.3 is 7.60 Å². The van der Waals surface area contributed by atoms with E-state index < -0.39 is 7.60 Å². The molecule has 1 saturated heterocycles. The maximum Gasteiger partial charge on any atom is 0.347 e. The van der Waals surface area contributed by atoms with Gasteiger partial charge in [0.15, 0.2) is 0 Å². The molecular weight excluding hydrogens is 275 g/mol. The Bertz CT molecular complexity index is 530. The fraction of sp³-hybridized carbons (Fsp3) is 0.500. The summed E-state index contributed by atoms with van der Waals surface area (Å²) in [6, 6.07) is 9.56. The van der Waals surface area contributed by atoms with Crippen LogP contribution in [0.4, 0.5) is 0 Å². The average Bonchev–Trinajstić information content (AvgIpc) is 2.96. The highest BCUT2D eigenvalue weighted by molar-refractivity contribution is 7.54. The van der Waals surface area contributed by atoms with Gasteiger partial charge in [0.1, 0.15) is 5.78 Å². The van der Waals surface area contributed by atoms with E-state index in [-0.39, 0.29) is 5.78 Å². The van der Waals surface area contributed by atoms with Crippen LogP contribution in [0.15, 0.2) is 24.3 Å². The smallest absolute Gasteiger partial charge is 0.311 e. The highest BCUT2D eigenvalue weighted by Crippen LogP contribution is 2.56. The first kappa shape index (κ1) is 15.2. The second-order valence-electron chi connectivity index (χ2n) is 4.81. The third kappa shape index (κ3) is 3.11. The molecule has 1 aromatic rings. The lowest BCUT2D eigenvalue weighted by atomic mass is 10.1. The molecular formula is C14H19N2O3P. The standard InChI is InChI=1S/C14H19N2O3P/c1-18-20(17,19-2)14-4-3-9-16(14)11-13-7-5-12(10-15)6-8-13/h5-8,14H,3-4,9,11H2,1-2H3. The van der Waals surface area contributed by atoms with Crippen molar-refractivity contribution in [1.82, 2.24) is 4.90 Å². The lowest BCUT2D eigenvalue weighted by Gasteiger charge is -2.29. The van der Waals surface area contributed by atoms with Crippen LogP contribution in [0.5, 0.6) is 0 Å². The molecule has 2 rings (SSSR count). The second-order valence-corrected chi connectivity index (χ2v) is 7.21. The number of nitrogens with zero attached hydrogens (tertiary/aromatic N) is 2. The van der Waals surface area contributed by atoms with E-state index in [4.69, 9.17) is 14.3 Å². The Hall–Kier alpha value is -1.18. The van der Waals surface area contributed by atoms with Crippen LogP contribution in [0.1, 0.15) is 24.0 Å². The van der Waals surface area contributed by atoms with Crippen LogP contribution in [-0.4, -0.2) is 31.4 Å². The molecule has 0 aliphatic carbocycles. The van der Waals surface area contributed by atoms with Crippen LogP contribution in [0, 0.1) is 11.3 Å². The first-order valence-electron chi connectivity index (χ1n) is 6.57. The molecule has 5 nitrogen and oxygen atoms in total. The van der Waals surface area contributed by atoms with Gasteiger partial charge in [-0.05, 0) is 37.1 Å². The van der Waals surface area contributed by atoms with Crippen molar-refractivity contribution in [2.75, 3.05) is 20.8 Å². The Labute approximate surface area is 119 Å². The summed E-state index contributed by atoms with van der Waals surface area (Å²) >= 11 is 0. The Balaban J connectivity index is 2.11. The normalized spacial score (nSPS) is 19.9. The third-order valence-electron chi connectivity index (χ3n) is 3.67. The first-order chi connectivity index (χ1) is 9.62. The predicted molar refractivity (Wildman–Crippen MR) is 76.2 cm³/mol. The zero-order valence-corrected chi connectivity index (χ0v) is 12.7. The van der Waals surface area contributed by atoms with Gasteiger partial charge < -0.3 is 9.05 Å². The Morgan fingerprint density at radius 2 is 2.00 bits per heavy atom. The predicted octanol–water partition coefficient (Wildman–Crippen LogP) is 2.97. The van der Waals surface area contributed by atoms with Crippen LogP contribution in [-0.2, 0) is 20.2 Å². The van der Waals surface area contributed by atoms with E-state index in [1.165, 1.54) is 14.2 Å². The maximum absolute atomic E-state index is 12.5. The molecule has 0 aromatic heterocycles. The van der Waals surface area contributed by atoms with E-state index in [1.807, 2.05) is 12.1 Å². The molecule has 0 saturated carbocycles. The molecule has 0 amide bonds. The first-order valence-corrected chi connectivity index (χ1v) is 8.18. The fourth-order valence-electron chi connectivity index (χ4n) is 2.59. The van der Waals surface area contributed by atoms with E-state index in [1.54, 1.807) is 12.1 Å². The SMILES string of the molecule is COP(=O)(OC)C1CCCN1Cc1ccc(C#N)cc1. The van der Waals surface area contributed by atoms with Gasteiger partial charge in [0, 0.05) is 20.8 Å². The van der Waals surface area contributed by atoms with Crippen LogP contribution in [0.25, 0.3) is 0 Å². The Morgan fingerprint density at radius 3 is 2.55 bits per heavy atom. The lowest BCUT2D eigenvalue weighted by molar-refractivity contribution is 0.213. The highest BCUT2D eigenvalue weighted by atomic mass is 31.2. The van der Waals surface area contributed by atoms with Crippen molar-refractivity contribution in [3.8, 4) is 6.07 Å². The number of hydrogen-bond acceptors (Lipinski definition) is 5. The number of hydrogen-bond donors (Lipinski definition) is 0. The van der Waals surface area contributed by atoms with E-state index in [0.717, 1.165) is 24.9 Å². The minimum atomic E-state index is -3.06. The van der Waals surface area contributed by atoms with Crippen LogP contribution < -0.4 is 0 Å². The minimum Gasteiger partial charge on any atom is -0.311 e. The topological polar surface area (TPSA) is 62.6 Å². The van der Waals surface area contributed by atoms with Crippen molar-refractivity contribution in [2.24, 2.45) is 0 Å². The summed E-state index contributed by atoms with van der Waals surface area (Å²) < 4.78 is 22.8. The van der Waals surface area contributed by atoms with Crippen molar-refractivity contribution in [3.05, 3.63) is 35.4 Å². The van der Waals surface area contributed by atoms with Gasteiger partial charge in [-0.15, -0.1) is 0 Å². The summed E-state index contributed by atoms with van der Waals surface area (Å²) in [4.78, 5) is 2.13. The van der Waals surface area contributed by atoms with Crippen LogP contribution in [0.3, 0.4) is 0 Å². The molecule has 0 bridgehead atoms. The molecule has 1 aliphatic rings. The van der Waals surface area contributed by atoms with Crippen molar-refractivity contribution in [3.63, 3.8) is 0 Å². The van der Waals surface area contributed by atoms with Gasteiger partial charge in [-0.3, -0.25) is 9.46 Å². The molecule has 1 heterocycles. The van der Waals surface area contributed by atoms with Crippen molar-refractivity contribution < 1.29 is 13.6 Å². The molecule has 1 unspecified atom stereocenters. The average molecular weight is 294 g/mol. The molecule has 1 atom stereocenters. The summed E-state index contributed by atoms with van der Waals surface area (Å²) in [6.45, 7) is 1.56. The summed E-state index contributed by atoms with van der Waals surface area (Å²) in [6.07, 6.45) is 1.80. The van der Waals surface area contributed by atoms with Crippen molar-refractivity contribution in [1.29, 1.82) is 5.26 Å². The molecule has 108 valence electrons. The summed E-state index contributed by atoms with van der Waals surface area (Å²) in [5, 5.41) is 8.79. The summed E-state index contributed by atoms with van der Waals surface area (Å²) in [7, 11) is -0.198. The van der Waals surface area contributed by atoms with Crippen LogP contribution in [0.2, 0.25) is 0 Å². The van der Waals surface area contributed by atoms with Gasteiger partial charge in [-0.2, -0.15) is 5.26 Å². The second kappa shape index (κ2) is 6.51. The van der Waals surface area contributed by atoms with E-state index in [0.29, 0.717) is 12.1 Å².